The van der Waals surface area contributed by atoms with E-state index >= 15 is 0 Å². The van der Waals surface area contributed by atoms with Crippen LogP contribution in [0.3, 0.4) is 0 Å². The topological polar surface area (TPSA) is 105 Å². The average Bonchev–Trinajstić information content (AvgIpc) is 2.82. The fraction of sp³-hybridized carbons (Fsp3) is 0.867. The molecule has 0 saturated carbocycles. The molecule has 0 aromatic carbocycles. The molecule has 146 valence electrons. The van der Waals surface area contributed by atoms with E-state index in [1.54, 1.807) is 4.90 Å². The van der Waals surface area contributed by atoms with Crippen LogP contribution in [0.25, 0.3) is 0 Å². The van der Waals surface area contributed by atoms with Crippen molar-refractivity contribution in [3.8, 4) is 0 Å². The SMILES string of the molecule is CC(C)(C)OC(=O)N1CCN(C(N)=NCC2CCS(=O)(=O)C2)CC1.I. The quantitative estimate of drug-likeness (QED) is 0.352. The summed E-state index contributed by atoms with van der Waals surface area (Å²) in [5.41, 5.74) is 5.51. The molecule has 0 radical (unpaired) electrons. The third-order valence-electron chi connectivity index (χ3n) is 4.09. The van der Waals surface area contributed by atoms with Gasteiger partial charge in [-0.2, -0.15) is 0 Å². The van der Waals surface area contributed by atoms with E-state index in [1.165, 1.54) is 0 Å². The van der Waals surface area contributed by atoms with E-state index in [1.807, 2.05) is 25.7 Å². The van der Waals surface area contributed by atoms with Gasteiger partial charge in [0.15, 0.2) is 15.8 Å². The molecule has 1 amide bonds. The minimum Gasteiger partial charge on any atom is -0.444 e. The maximum absolute atomic E-state index is 12.0. The summed E-state index contributed by atoms with van der Waals surface area (Å²) in [7, 11) is -2.88. The Morgan fingerprint density at radius 3 is 2.24 bits per heavy atom. The molecule has 0 aromatic heterocycles. The lowest BCUT2D eigenvalue weighted by molar-refractivity contribution is 0.0186. The van der Waals surface area contributed by atoms with Crippen LogP contribution < -0.4 is 5.73 Å². The Balaban J connectivity index is 0.00000312. The van der Waals surface area contributed by atoms with Gasteiger partial charge in [0, 0.05) is 32.7 Å². The molecule has 2 aliphatic rings. The van der Waals surface area contributed by atoms with Crippen molar-refractivity contribution < 1.29 is 17.9 Å². The molecule has 10 heteroatoms. The number of nitrogens with zero attached hydrogens (tertiary/aromatic N) is 3. The van der Waals surface area contributed by atoms with Gasteiger partial charge in [0.2, 0.25) is 0 Å². The molecule has 2 fully saturated rings. The molecule has 0 bridgehead atoms. The molecular formula is C15H29IN4O4S. The number of piperazine rings is 1. The van der Waals surface area contributed by atoms with Crippen molar-refractivity contribution in [2.45, 2.75) is 32.8 Å². The molecule has 2 N–H and O–H groups in total. The maximum atomic E-state index is 12.0. The summed E-state index contributed by atoms with van der Waals surface area (Å²) in [5.74, 6) is 0.942. The van der Waals surface area contributed by atoms with Gasteiger partial charge in [0.25, 0.3) is 0 Å². The van der Waals surface area contributed by atoms with E-state index in [2.05, 4.69) is 4.99 Å². The molecule has 1 atom stereocenters. The highest BCUT2D eigenvalue weighted by atomic mass is 127. The van der Waals surface area contributed by atoms with Crippen LogP contribution >= 0.6 is 24.0 Å². The summed E-state index contributed by atoms with van der Waals surface area (Å²) >= 11 is 0. The maximum Gasteiger partial charge on any atom is 0.410 e. The molecule has 2 aliphatic heterocycles. The lowest BCUT2D eigenvalue weighted by atomic mass is 10.1. The number of hydrogen-bond donors (Lipinski definition) is 1. The number of guanidine groups is 1. The highest BCUT2D eigenvalue weighted by Gasteiger charge is 2.29. The van der Waals surface area contributed by atoms with E-state index in [0.29, 0.717) is 45.1 Å². The Morgan fingerprint density at radius 1 is 1.20 bits per heavy atom. The summed E-state index contributed by atoms with van der Waals surface area (Å²) in [6.45, 7) is 8.22. The van der Waals surface area contributed by atoms with Crippen LogP contribution in [-0.2, 0) is 14.6 Å². The Kier molecular flexibility index (Phi) is 7.78. The largest absolute Gasteiger partial charge is 0.444 e. The molecule has 2 saturated heterocycles. The average molecular weight is 488 g/mol. The Labute approximate surface area is 167 Å². The zero-order valence-electron chi connectivity index (χ0n) is 15.1. The van der Waals surface area contributed by atoms with E-state index in [0.717, 1.165) is 0 Å². The second-order valence-electron chi connectivity index (χ2n) is 7.42. The summed E-state index contributed by atoms with van der Waals surface area (Å²) in [5, 5.41) is 0. The number of hydrogen-bond acceptors (Lipinski definition) is 5. The highest BCUT2D eigenvalue weighted by Crippen LogP contribution is 2.18. The normalized spacial score (nSPS) is 24.0. The first kappa shape index (κ1) is 22.3. The Bertz CT molecular complexity index is 595. The number of sulfone groups is 1. The number of aliphatic imine (C=N–C) groups is 1. The van der Waals surface area contributed by atoms with Gasteiger partial charge in [0.1, 0.15) is 5.60 Å². The van der Waals surface area contributed by atoms with Crippen molar-refractivity contribution in [2.75, 3.05) is 44.2 Å². The second-order valence-corrected chi connectivity index (χ2v) is 9.65. The fourth-order valence-corrected chi connectivity index (χ4v) is 4.63. The van der Waals surface area contributed by atoms with E-state index < -0.39 is 15.4 Å². The third kappa shape index (κ3) is 7.16. The molecule has 25 heavy (non-hydrogen) atoms. The summed E-state index contributed by atoms with van der Waals surface area (Å²) in [6.07, 6.45) is 0.347. The number of ether oxygens (including phenoxy) is 1. The minimum atomic E-state index is -2.88. The Hall–Kier alpha value is -0.780. The first-order valence-electron chi connectivity index (χ1n) is 8.29. The number of carbonyl (C=O) groups excluding carboxylic acids is 1. The van der Waals surface area contributed by atoms with Crippen LogP contribution in [0.2, 0.25) is 0 Å². The molecule has 2 heterocycles. The lowest BCUT2D eigenvalue weighted by Gasteiger charge is -2.36. The van der Waals surface area contributed by atoms with E-state index in [9.17, 15) is 13.2 Å². The van der Waals surface area contributed by atoms with Crippen LogP contribution in [0.5, 0.6) is 0 Å². The monoisotopic (exact) mass is 488 g/mol. The second kappa shape index (κ2) is 8.74. The van der Waals surface area contributed by atoms with Crippen LogP contribution in [0.4, 0.5) is 4.79 Å². The molecule has 1 unspecified atom stereocenters. The number of rotatable bonds is 2. The summed E-state index contributed by atoms with van der Waals surface area (Å²) < 4.78 is 28.3. The summed E-state index contributed by atoms with van der Waals surface area (Å²) in [6, 6.07) is 0. The molecule has 8 nitrogen and oxygen atoms in total. The fourth-order valence-electron chi connectivity index (χ4n) is 2.78. The smallest absolute Gasteiger partial charge is 0.410 e. The van der Waals surface area contributed by atoms with Gasteiger partial charge < -0.3 is 20.3 Å². The number of nitrogens with two attached hydrogens (primary N) is 1. The van der Waals surface area contributed by atoms with Gasteiger partial charge in [-0.3, -0.25) is 4.99 Å². The van der Waals surface area contributed by atoms with Crippen molar-refractivity contribution in [2.24, 2.45) is 16.6 Å². The predicted octanol–water partition coefficient (Wildman–Crippen LogP) is 0.907. The standard InChI is InChI=1S/C15H28N4O4S.HI/c1-15(2,3)23-14(20)19-7-5-18(6-8-19)13(16)17-10-12-4-9-24(21,22)11-12;/h12H,4-11H2,1-3H3,(H2,16,17);1H. The molecule has 2 rings (SSSR count). The van der Waals surface area contributed by atoms with Crippen molar-refractivity contribution in [3.05, 3.63) is 0 Å². The van der Waals surface area contributed by atoms with Gasteiger partial charge in [-0.25, -0.2) is 13.2 Å². The first-order chi connectivity index (χ1) is 11.1. The zero-order valence-corrected chi connectivity index (χ0v) is 18.2. The predicted molar refractivity (Wildman–Crippen MR) is 108 cm³/mol. The van der Waals surface area contributed by atoms with Crippen LogP contribution in [0, 0.1) is 5.92 Å². The Morgan fingerprint density at radius 2 is 1.76 bits per heavy atom. The van der Waals surface area contributed by atoms with Crippen molar-refractivity contribution in [1.29, 1.82) is 0 Å². The van der Waals surface area contributed by atoms with Gasteiger partial charge >= 0.3 is 6.09 Å². The van der Waals surface area contributed by atoms with Crippen molar-refractivity contribution >= 4 is 45.9 Å². The zero-order chi connectivity index (χ0) is 18.0. The van der Waals surface area contributed by atoms with Crippen molar-refractivity contribution in [3.63, 3.8) is 0 Å². The van der Waals surface area contributed by atoms with Gasteiger partial charge in [-0.05, 0) is 33.1 Å². The molecule has 0 aromatic rings. The number of halogens is 1. The van der Waals surface area contributed by atoms with E-state index in [4.69, 9.17) is 10.5 Å². The van der Waals surface area contributed by atoms with Crippen molar-refractivity contribution in [1.82, 2.24) is 9.80 Å². The van der Waals surface area contributed by atoms with Gasteiger partial charge in [-0.15, -0.1) is 24.0 Å². The number of carbonyl (C=O) groups is 1. The van der Waals surface area contributed by atoms with Gasteiger partial charge in [-0.1, -0.05) is 0 Å². The number of amides is 1. The van der Waals surface area contributed by atoms with Gasteiger partial charge in [0.05, 0.1) is 11.5 Å². The minimum absolute atomic E-state index is 0. The molecule has 0 aliphatic carbocycles. The van der Waals surface area contributed by atoms with Crippen LogP contribution in [-0.4, -0.2) is 80.1 Å². The third-order valence-corrected chi connectivity index (χ3v) is 5.93. The highest BCUT2D eigenvalue weighted by molar-refractivity contribution is 14.0. The lowest BCUT2D eigenvalue weighted by Crippen LogP contribution is -2.53. The summed E-state index contributed by atoms with van der Waals surface area (Å²) in [4.78, 5) is 19.9. The van der Waals surface area contributed by atoms with E-state index in [-0.39, 0.29) is 47.5 Å². The first-order valence-corrected chi connectivity index (χ1v) is 10.1. The molecule has 0 spiro atoms. The van der Waals surface area contributed by atoms with Crippen LogP contribution in [0.15, 0.2) is 4.99 Å². The van der Waals surface area contributed by atoms with Crippen LogP contribution in [0.1, 0.15) is 27.2 Å². The molecular weight excluding hydrogens is 459 g/mol.